The molecule has 2 aromatic carbocycles. The fourth-order valence-corrected chi connectivity index (χ4v) is 3.44. The van der Waals surface area contributed by atoms with Crippen LogP contribution < -0.4 is 10.0 Å². The van der Waals surface area contributed by atoms with Gasteiger partial charge in [0.15, 0.2) is 0 Å². The van der Waals surface area contributed by atoms with Crippen molar-refractivity contribution in [1.29, 1.82) is 0 Å². The standard InChI is InChI=1S/C19H23FN2O3S/c1-14(2)13-21-26(24,25)16-10-7-15(8-11-16)9-12-19(23)22-18-6-4-3-5-17(18)20/h3-8,10-11,14,21H,9,12-13H2,1-2H3,(H,22,23). The van der Waals surface area contributed by atoms with Crippen molar-refractivity contribution in [3.8, 4) is 0 Å². The molecule has 0 fully saturated rings. The maximum absolute atomic E-state index is 13.5. The van der Waals surface area contributed by atoms with Crippen LogP contribution in [-0.4, -0.2) is 20.9 Å². The van der Waals surface area contributed by atoms with Crippen LogP contribution in [0.15, 0.2) is 53.4 Å². The molecule has 2 N–H and O–H groups in total. The molecule has 0 aliphatic heterocycles. The molecular formula is C19H23FN2O3S. The molecule has 5 nitrogen and oxygen atoms in total. The van der Waals surface area contributed by atoms with Gasteiger partial charge >= 0.3 is 0 Å². The van der Waals surface area contributed by atoms with Crippen molar-refractivity contribution in [3.05, 3.63) is 59.9 Å². The molecule has 2 rings (SSSR count). The summed E-state index contributed by atoms with van der Waals surface area (Å²) >= 11 is 0. The molecule has 0 saturated carbocycles. The van der Waals surface area contributed by atoms with Crippen molar-refractivity contribution in [2.75, 3.05) is 11.9 Å². The molecule has 26 heavy (non-hydrogen) atoms. The molecule has 0 aromatic heterocycles. The highest BCUT2D eigenvalue weighted by molar-refractivity contribution is 7.89. The van der Waals surface area contributed by atoms with Gasteiger partial charge in [-0.2, -0.15) is 0 Å². The number of hydrogen-bond donors (Lipinski definition) is 2. The van der Waals surface area contributed by atoms with Gasteiger partial charge in [0.2, 0.25) is 15.9 Å². The summed E-state index contributed by atoms with van der Waals surface area (Å²) < 4.78 is 40.3. The number of amides is 1. The predicted octanol–water partition coefficient (Wildman–Crippen LogP) is 3.33. The maximum Gasteiger partial charge on any atom is 0.240 e. The van der Waals surface area contributed by atoms with Gasteiger partial charge in [0.05, 0.1) is 10.6 Å². The fraction of sp³-hybridized carbons (Fsp3) is 0.316. The van der Waals surface area contributed by atoms with E-state index in [2.05, 4.69) is 10.0 Å². The van der Waals surface area contributed by atoms with Gasteiger partial charge in [0.25, 0.3) is 0 Å². The van der Waals surface area contributed by atoms with Crippen LogP contribution in [0.1, 0.15) is 25.8 Å². The minimum Gasteiger partial charge on any atom is -0.324 e. The zero-order valence-electron chi connectivity index (χ0n) is 14.8. The average Bonchev–Trinajstić information content (AvgIpc) is 2.61. The molecule has 0 saturated heterocycles. The number of carbonyl (C=O) groups is 1. The second-order valence-corrected chi connectivity index (χ2v) is 8.18. The SMILES string of the molecule is CC(C)CNS(=O)(=O)c1ccc(CCC(=O)Nc2ccccc2F)cc1. The van der Waals surface area contributed by atoms with E-state index in [9.17, 15) is 17.6 Å². The number of halogens is 1. The summed E-state index contributed by atoms with van der Waals surface area (Å²) in [7, 11) is -3.52. The molecule has 0 spiro atoms. The first-order chi connectivity index (χ1) is 12.3. The summed E-state index contributed by atoms with van der Waals surface area (Å²) in [6, 6.07) is 12.4. The van der Waals surface area contributed by atoms with Gasteiger partial charge in [-0.15, -0.1) is 0 Å². The summed E-state index contributed by atoms with van der Waals surface area (Å²) in [5.41, 5.74) is 0.978. The predicted molar refractivity (Wildman–Crippen MR) is 99.8 cm³/mol. The Labute approximate surface area is 153 Å². The van der Waals surface area contributed by atoms with Crippen LogP contribution in [0.4, 0.5) is 10.1 Å². The van der Waals surface area contributed by atoms with E-state index in [1.165, 1.54) is 24.3 Å². The van der Waals surface area contributed by atoms with Crippen molar-refractivity contribution < 1.29 is 17.6 Å². The lowest BCUT2D eigenvalue weighted by Crippen LogP contribution is -2.27. The zero-order valence-corrected chi connectivity index (χ0v) is 15.6. The summed E-state index contributed by atoms with van der Waals surface area (Å²) in [5, 5.41) is 2.52. The van der Waals surface area contributed by atoms with Crippen LogP contribution in [0.3, 0.4) is 0 Å². The van der Waals surface area contributed by atoms with E-state index in [4.69, 9.17) is 0 Å². The van der Waals surface area contributed by atoms with Crippen molar-refractivity contribution in [2.24, 2.45) is 5.92 Å². The average molecular weight is 378 g/mol. The summed E-state index contributed by atoms with van der Waals surface area (Å²) in [4.78, 5) is 12.1. The van der Waals surface area contributed by atoms with E-state index < -0.39 is 15.8 Å². The second-order valence-electron chi connectivity index (χ2n) is 6.42. The van der Waals surface area contributed by atoms with Gasteiger partial charge < -0.3 is 5.32 Å². The van der Waals surface area contributed by atoms with Gasteiger partial charge in [-0.05, 0) is 42.2 Å². The van der Waals surface area contributed by atoms with Gasteiger partial charge in [0.1, 0.15) is 5.82 Å². The Bertz CT molecular complexity index is 849. The highest BCUT2D eigenvalue weighted by Crippen LogP contribution is 2.15. The van der Waals surface area contributed by atoms with Gasteiger partial charge in [-0.1, -0.05) is 38.1 Å². The van der Waals surface area contributed by atoms with Crippen LogP contribution in [0.5, 0.6) is 0 Å². The molecule has 0 heterocycles. The van der Waals surface area contributed by atoms with Crippen LogP contribution in [-0.2, 0) is 21.2 Å². The van der Waals surface area contributed by atoms with Crippen LogP contribution in [0.2, 0.25) is 0 Å². The number of anilines is 1. The minimum atomic E-state index is -3.52. The summed E-state index contributed by atoms with van der Waals surface area (Å²) in [6.45, 7) is 4.23. The first kappa shape index (κ1) is 20.1. The lowest BCUT2D eigenvalue weighted by molar-refractivity contribution is -0.116. The van der Waals surface area contributed by atoms with Gasteiger partial charge in [0, 0.05) is 13.0 Å². The number of aryl methyl sites for hydroxylation is 1. The number of para-hydroxylation sites is 1. The Morgan fingerprint density at radius 1 is 1.08 bits per heavy atom. The van der Waals surface area contributed by atoms with Crippen molar-refractivity contribution in [3.63, 3.8) is 0 Å². The third-order valence-corrected chi connectivity index (χ3v) is 5.14. The van der Waals surface area contributed by atoms with E-state index >= 15 is 0 Å². The highest BCUT2D eigenvalue weighted by atomic mass is 32.2. The van der Waals surface area contributed by atoms with E-state index in [0.717, 1.165) is 5.56 Å². The van der Waals surface area contributed by atoms with E-state index in [1.807, 2.05) is 13.8 Å². The number of carbonyl (C=O) groups excluding carboxylic acids is 1. The Morgan fingerprint density at radius 2 is 1.73 bits per heavy atom. The third-order valence-electron chi connectivity index (χ3n) is 3.70. The van der Waals surface area contributed by atoms with Crippen LogP contribution >= 0.6 is 0 Å². The van der Waals surface area contributed by atoms with Crippen molar-refractivity contribution in [2.45, 2.75) is 31.6 Å². The molecule has 1 amide bonds. The van der Waals surface area contributed by atoms with E-state index in [0.29, 0.717) is 13.0 Å². The van der Waals surface area contributed by atoms with E-state index in [1.54, 1.807) is 24.3 Å². The smallest absolute Gasteiger partial charge is 0.240 e. The lowest BCUT2D eigenvalue weighted by atomic mass is 10.1. The number of benzene rings is 2. The quantitative estimate of drug-likeness (QED) is 0.740. The number of sulfonamides is 1. The largest absolute Gasteiger partial charge is 0.324 e. The lowest BCUT2D eigenvalue weighted by Gasteiger charge is -2.09. The van der Waals surface area contributed by atoms with E-state index in [-0.39, 0.29) is 28.8 Å². The topological polar surface area (TPSA) is 75.3 Å². The molecular weight excluding hydrogens is 355 g/mol. The summed E-state index contributed by atoms with van der Waals surface area (Å²) in [6.07, 6.45) is 0.603. The molecule has 0 unspecified atom stereocenters. The normalized spacial score (nSPS) is 11.5. The highest BCUT2D eigenvalue weighted by Gasteiger charge is 2.14. The molecule has 0 bridgehead atoms. The maximum atomic E-state index is 13.5. The molecule has 7 heteroatoms. The Balaban J connectivity index is 1.91. The molecule has 0 aliphatic carbocycles. The monoisotopic (exact) mass is 378 g/mol. The molecule has 0 atom stereocenters. The third kappa shape index (κ3) is 5.93. The van der Waals surface area contributed by atoms with Crippen LogP contribution in [0, 0.1) is 11.7 Å². The molecule has 2 aromatic rings. The first-order valence-electron chi connectivity index (χ1n) is 8.41. The van der Waals surface area contributed by atoms with Crippen molar-refractivity contribution in [1.82, 2.24) is 4.72 Å². The molecule has 0 radical (unpaired) electrons. The van der Waals surface area contributed by atoms with Crippen LogP contribution in [0.25, 0.3) is 0 Å². The molecule has 0 aliphatic rings. The Hall–Kier alpha value is -2.25. The zero-order chi connectivity index (χ0) is 19.2. The number of nitrogens with one attached hydrogen (secondary N) is 2. The molecule has 140 valence electrons. The number of hydrogen-bond acceptors (Lipinski definition) is 3. The second kappa shape index (κ2) is 8.91. The first-order valence-corrected chi connectivity index (χ1v) is 9.89. The minimum absolute atomic E-state index is 0.148. The van der Waals surface area contributed by atoms with Crippen molar-refractivity contribution >= 4 is 21.6 Å². The fourth-order valence-electron chi connectivity index (χ4n) is 2.23. The van der Waals surface area contributed by atoms with Gasteiger partial charge in [-0.25, -0.2) is 17.5 Å². The Morgan fingerprint density at radius 3 is 2.35 bits per heavy atom. The number of rotatable bonds is 8. The Kier molecular flexibility index (Phi) is 6.88. The summed E-state index contributed by atoms with van der Waals surface area (Å²) in [5.74, 6) is -0.563. The van der Waals surface area contributed by atoms with Gasteiger partial charge in [-0.3, -0.25) is 4.79 Å².